The predicted octanol–water partition coefficient (Wildman–Crippen LogP) is 4.55. The molecule has 0 spiro atoms. The number of para-hydroxylation sites is 2. The first-order chi connectivity index (χ1) is 19.5. The number of fused-ring (bicyclic) bond motifs is 1. The predicted molar refractivity (Wildman–Crippen MR) is 139 cm³/mol. The van der Waals surface area contributed by atoms with Gasteiger partial charge in [-0.05, 0) is 30.3 Å². The van der Waals surface area contributed by atoms with E-state index >= 15 is 0 Å². The maximum atomic E-state index is 14.9. The number of benzene rings is 3. The van der Waals surface area contributed by atoms with Crippen LogP contribution < -0.4 is 9.55 Å². The summed E-state index contributed by atoms with van der Waals surface area (Å²) in [6.45, 7) is -0.508. The third kappa shape index (κ3) is 5.46. The fourth-order valence-electron chi connectivity index (χ4n) is 4.82. The van der Waals surface area contributed by atoms with Crippen LogP contribution in [0.3, 0.4) is 0 Å². The molecule has 1 saturated heterocycles. The summed E-state index contributed by atoms with van der Waals surface area (Å²) in [6, 6.07) is 17.9. The fraction of sp³-hybridized carbons (Fsp3) is 0.172. The SMILES string of the molecule is O=C1C=C[N+](Cc2ccc(F)c(C(=O)N3CCN(c4ccccc4)C(=O)C3)c2)(OC(=O)C(F)(F)F)c2ccccc21. The Morgan fingerprint density at radius 3 is 2.34 bits per heavy atom. The van der Waals surface area contributed by atoms with Crippen LogP contribution >= 0.6 is 0 Å². The Hall–Kier alpha value is -4.84. The number of ketones is 1. The van der Waals surface area contributed by atoms with Crippen molar-refractivity contribution in [3.05, 3.63) is 108 Å². The third-order valence-corrected chi connectivity index (χ3v) is 6.78. The number of carbonyl (C=O) groups excluding carboxylic acids is 4. The molecule has 210 valence electrons. The lowest BCUT2D eigenvalue weighted by Gasteiger charge is -2.35. The lowest BCUT2D eigenvalue weighted by molar-refractivity contribution is -0.228. The summed E-state index contributed by atoms with van der Waals surface area (Å²) in [4.78, 5) is 58.1. The van der Waals surface area contributed by atoms with Crippen LogP contribution in [-0.4, -0.2) is 54.3 Å². The van der Waals surface area contributed by atoms with E-state index in [-0.39, 0.29) is 42.4 Å². The minimum atomic E-state index is -5.34. The van der Waals surface area contributed by atoms with E-state index in [1.807, 2.05) is 0 Å². The summed E-state index contributed by atoms with van der Waals surface area (Å²) in [5, 5.41) is 0. The van der Waals surface area contributed by atoms with Gasteiger partial charge in [-0.2, -0.15) is 13.2 Å². The minimum Gasteiger partial charge on any atom is -0.327 e. The van der Waals surface area contributed by atoms with E-state index in [2.05, 4.69) is 0 Å². The van der Waals surface area contributed by atoms with Crippen molar-refractivity contribution in [3.8, 4) is 0 Å². The average molecular weight is 569 g/mol. The molecule has 2 aliphatic rings. The molecule has 3 aromatic rings. The molecule has 0 aromatic heterocycles. The molecule has 3 aromatic carbocycles. The lowest BCUT2D eigenvalue weighted by Crippen LogP contribution is -2.52. The molecular formula is C29H22F4N3O5+. The normalized spacial score (nSPS) is 18.7. The number of hydrogen-bond acceptors (Lipinski definition) is 5. The van der Waals surface area contributed by atoms with Crippen molar-refractivity contribution >= 4 is 34.9 Å². The quantitative estimate of drug-likeness (QED) is 0.333. The van der Waals surface area contributed by atoms with Gasteiger partial charge in [-0.25, -0.2) is 9.18 Å². The number of piperazine rings is 1. The zero-order valence-electron chi connectivity index (χ0n) is 21.3. The molecule has 8 nitrogen and oxygen atoms in total. The van der Waals surface area contributed by atoms with Crippen LogP contribution in [0.5, 0.6) is 0 Å². The number of carbonyl (C=O) groups is 4. The molecule has 2 amide bonds. The fourth-order valence-corrected chi connectivity index (χ4v) is 4.82. The van der Waals surface area contributed by atoms with Crippen molar-refractivity contribution in [1.29, 1.82) is 0 Å². The van der Waals surface area contributed by atoms with Crippen molar-refractivity contribution in [2.45, 2.75) is 12.7 Å². The first-order valence-electron chi connectivity index (χ1n) is 12.4. The largest absolute Gasteiger partial charge is 0.497 e. The van der Waals surface area contributed by atoms with E-state index in [4.69, 9.17) is 4.84 Å². The third-order valence-electron chi connectivity index (χ3n) is 6.78. The van der Waals surface area contributed by atoms with Gasteiger partial charge in [0.05, 0.1) is 11.1 Å². The molecule has 1 fully saturated rings. The Morgan fingerprint density at radius 2 is 1.63 bits per heavy atom. The van der Waals surface area contributed by atoms with Crippen LogP contribution in [0.1, 0.15) is 26.3 Å². The monoisotopic (exact) mass is 568 g/mol. The van der Waals surface area contributed by atoms with Crippen molar-refractivity contribution in [3.63, 3.8) is 0 Å². The topological polar surface area (TPSA) is 84.0 Å². The Morgan fingerprint density at radius 1 is 0.927 bits per heavy atom. The van der Waals surface area contributed by atoms with Gasteiger partial charge in [0.25, 0.3) is 5.91 Å². The van der Waals surface area contributed by atoms with E-state index < -0.39 is 46.4 Å². The van der Waals surface area contributed by atoms with E-state index in [0.29, 0.717) is 5.69 Å². The molecule has 0 saturated carbocycles. The molecule has 0 aliphatic carbocycles. The summed E-state index contributed by atoms with van der Waals surface area (Å²) in [5.74, 6) is -5.06. The molecule has 0 N–H and O–H groups in total. The highest BCUT2D eigenvalue weighted by molar-refractivity contribution is 6.10. The second-order valence-electron chi connectivity index (χ2n) is 9.45. The van der Waals surface area contributed by atoms with Crippen LogP contribution in [0.4, 0.5) is 28.9 Å². The van der Waals surface area contributed by atoms with Crippen LogP contribution in [-0.2, 0) is 21.0 Å². The van der Waals surface area contributed by atoms with Crippen LogP contribution in [0.2, 0.25) is 0 Å². The van der Waals surface area contributed by atoms with Gasteiger partial charge in [0.1, 0.15) is 18.6 Å². The number of halogens is 4. The summed E-state index contributed by atoms with van der Waals surface area (Å²) in [5.41, 5.74) is 0.353. The number of anilines is 1. The summed E-state index contributed by atoms with van der Waals surface area (Å²) in [6.07, 6.45) is -3.35. The Kier molecular flexibility index (Phi) is 7.18. The number of nitrogens with zero attached hydrogens (tertiary/aromatic N) is 3. The first-order valence-corrected chi connectivity index (χ1v) is 12.4. The van der Waals surface area contributed by atoms with E-state index in [9.17, 15) is 36.7 Å². The second kappa shape index (κ2) is 10.6. The lowest BCUT2D eigenvalue weighted by atomic mass is 10.0. The minimum absolute atomic E-state index is 0.0122. The van der Waals surface area contributed by atoms with Crippen molar-refractivity contribution in [2.24, 2.45) is 0 Å². The van der Waals surface area contributed by atoms with Crippen LogP contribution in [0.25, 0.3) is 0 Å². The molecule has 2 aliphatic heterocycles. The molecule has 2 heterocycles. The number of hydrogen-bond donors (Lipinski definition) is 0. The van der Waals surface area contributed by atoms with Gasteiger partial charge in [-0.1, -0.05) is 41.0 Å². The molecule has 0 bridgehead atoms. The van der Waals surface area contributed by atoms with Gasteiger partial charge in [0.2, 0.25) is 5.91 Å². The van der Waals surface area contributed by atoms with Crippen molar-refractivity contribution < 1.29 is 41.6 Å². The highest BCUT2D eigenvalue weighted by Gasteiger charge is 2.50. The summed E-state index contributed by atoms with van der Waals surface area (Å²) < 4.78 is 53.5. The molecule has 1 atom stereocenters. The number of alkyl halides is 3. The highest BCUT2D eigenvalue weighted by Crippen LogP contribution is 2.37. The summed E-state index contributed by atoms with van der Waals surface area (Å²) in [7, 11) is 0. The zero-order valence-corrected chi connectivity index (χ0v) is 21.3. The summed E-state index contributed by atoms with van der Waals surface area (Å²) >= 11 is 0. The molecule has 5 rings (SSSR count). The van der Waals surface area contributed by atoms with Gasteiger partial charge < -0.3 is 9.80 Å². The molecule has 12 heteroatoms. The van der Waals surface area contributed by atoms with Gasteiger partial charge in [0.15, 0.2) is 18.0 Å². The van der Waals surface area contributed by atoms with E-state index in [1.165, 1.54) is 40.1 Å². The standard InChI is InChI=1S/C29H22F4N3O5/c30-23-11-10-19(16-22(23)27(39)34-13-14-35(26(38)17-34)20-6-2-1-3-7-20)18-36(41-28(40)29(31,32)33)15-12-25(37)21-8-4-5-9-24(21)36/h1-12,15-16H,13-14,17-18H2/q+1. The van der Waals surface area contributed by atoms with E-state index in [1.54, 1.807) is 30.3 Å². The molecule has 0 radical (unpaired) electrons. The molecule has 41 heavy (non-hydrogen) atoms. The maximum Gasteiger partial charge on any atom is 0.497 e. The number of rotatable bonds is 5. The number of amides is 2. The Balaban J connectivity index is 1.44. The van der Waals surface area contributed by atoms with Gasteiger partial charge in [-0.3, -0.25) is 19.2 Å². The maximum absolute atomic E-state index is 14.9. The van der Waals surface area contributed by atoms with Crippen molar-refractivity contribution in [2.75, 3.05) is 24.5 Å². The second-order valence-corrected chi connectivity index (χ2v) is 9.45. The number of quaternary nitrogens is 1. The molecule has 1 unspecified atom stereocenters. The van der Waals surface area contributed by atoms with Gasteiger partial charge in [-0.15, -0.1) is 0 Å². The number of allylic oxidation sites excluding steroid dienone is 1. The smallest absolute Gasteiger partial charge is 0.327 e. The zero-order chi connectivity index (χ0) is 29.4. The first kappa shape index (κ1) is 27.7. The van der Waals surface area contributed by atoms with Crippen molar-refractivity contribution in [1.82, 2.24) is 9.55 Å². The number of hydroxylamine groups is 2. The Labute approximate surface area is 231 Å². The Bertz CT molecular complexity index is 1570. The highest BCUT2D eigenvalue weighted by atomic mass is 19.4. The van der Waals surface area contributed by atoms with Crippen LogP contribution in [0.15, 0.2) is 85.1 Å². The van der Waals surface area contributed by atoms with Gasteiger partial charge >= 0.3 is 12.1 Å². The van der Waals surface area contributed by atoms with E-state index in [0.717, 1.165) is 24.4 Å². The molecular weight excluding hydrogens is 546 g/mol. The van der Waals surface area contributed by atoms with Gasteiger partial charge in [0, 0.05) is 36.5 Å². The van der Waals surface area contributed by atoms with Crippen LogP contribution in [0, 0.1) is 5.82 Å². The average Bonchev–Trinajstić information content (AvgIpc) is 2.96.